The third kappa shape index (κ3) is 3.03. The summed E-state index contributed by atoms with van der Waals surface area (Å²) in [6, 6.07) is 2.36. The van der Waals surface area contributed by atoms with E-state index in [1.54, 1.807) is 6.07 Å². The Kier molecular flexibility index (Phi) is 4.05. The van der Waals surface area contributed by atoms with Gasteiger partial charge in [0.05, 0.1) is 6.54 Å². The van der Waals surface area contributed by atoms with Gasteiger partial charge in [-0.2, -0.15) is 0 Å². The van der Waals surface area contributed by atoms with Crippen LogP contribution in [0.15, 0.2) is 10.6 Å². The molecule has 1 aliphatic carbocycles. The summed E-state index contributed by atoms with van der Waals surface area (Å²) in [5.41, 5.74) is 0. The normalized spacial score (nSPS) is 27.1. The summed E-state index contributed by atoms with van der Waals surface area (Å²) in [6.45, 7) is 3.35. The van der Waals surface area contributed by atoms with Gasteiger partial charge >= 0.3 is 0 Å². The van der Waals surface area contributed by atoms with Gasteiger partial charge in [0, 0.05) is 12.1 Å². The minimum atomic E-state index is 0.0181. The molecule has 5 heteroatoms. The maximum absolute atomic E-state index is 12.1. The second kappa shape index (κ2) is 5.95. The maximum atomic E-state index is 12.1. The SMILES string of the molecule is Cc1cc(NC(=O)CN2CCC[C@H]3CCCC[C@H]32)no1. The highest BCUT2D eigenvalue weighted by molar-refractivity contribution is 5.91. The van der Waals surface area contributed by atoms with Crippen LogP contribution in [-0.4, -0.2) is 35.1 Å². The fraction of sp³-hybridized carbons (Fsp3) is 0.733. The second-order valence-corrected chi connectivity index (χ2v) is 6.10. The standard InChI is InChI=1S/C15H23N3O2/c1-11-9-14(17-20-11)16-15(19)10-18-8-4-6-12-5-2-3-7-13(12)18/h9,12-13H,2-8,10H2,1H3,(H,16,17,19)/t12-,13-/m1/s1. The van der Waals surface area contributed by atoms with Gasteiger partial charge in [-0.25, -0.2) is 0 Å². The van der Waals surface area contributed by atoms with Crippen LogP contribution in [0.25, 0.3) is 0 Å². The fourth-order valence-corrected chi connectivity index (χ4v) is 3.72. The average molecular weight is 277 g/mol. The molecular weight excluding hydrogens is 254 g/mol. The van der Waals surface area contributed by atoms with Gasteiger partial charge in [-0.1, -0.05) is 18.0 Å². The van der Waals surface area contributed by atoms with Gasteiger partial charge in [0.15, 0.2) is 5.82 Å². The van der Waals surface area contributed by atoms with Crippen molar-refractivity contribution in [3.63, 3.8) is 0 Å². The molecule has 3 rings (SSSR count). The first-order valence-electron chi connectivity index (χ1n) is 7.69. The van der Waals surface area contributed by atoms with Crippen LogP contribution < -0.4 is 5.32 Å². The van der Waals surface area contributed by atoms with Crippen molar-refractivity contribution < 1.29 is 9.32 Å². The van der Waals surface area contributed by atoms with Gasteiger partial charge in [0.25, 0.3) is 0 Å². The molecule has 1 amide bonds. The van der Waals surface area contributed by atoms with E-state index < -0.39 is 0 Å². The number of aryl methyl sites for hydroxylation is 1. The van der Waals surface area contributed by atoms with Gasteiger partial charge in [0.1, 0.15) is 5.76 Å². The van der Waals surface area contributed by atoms with E-state index >= 15 is 0 Å². The van der Waals surface area contributed by atoms with Crippen molar-refractivity contribution in [2.75, 3.05) is 18.4 Å². The Morgan fingerprint density at radius 2 is 2.20 bits per heavy atom. The van der Waals surface area contributed by atoms with Crippen LogP contribution in [0, 0.1) is 12.8 Å². The molecule has 1 N–H and O–H groups in total. The van der Waals surface area contributed by atoms with E-state index in [1.165, 1.54) is 38.5 Å². The van der Waals surface area contributed by atoms with Crippen molar-refractivity contribution in [1.29, 1.82) is 0 Å². The van der Waals surface area contributed by atoms with Gasteiger partial charge in [-0.3, -0.25) is 9.69 Å². The highest BCUT2D eigenvalue weighted by Crippen LogP contribution is 2.34. The van der Waals surface area contributed by atoms with Gasteiger partial charge in [-0.05, 0) is 45.1 Å². The predicted molar refractivity (Wildman–Crippen MR) is 76.4 cm³/mol. The molecule has 1 aromatic rings. The largest absolute Gasteiger partial charge is 0.360 e. The second-order valence-electron chi connectivity index (χ2n) is 6.10. The first kappa shape index (κ1) is 13.6. The third-order valence-corrected chi connectivity index (χ3v) is 4.60. The van der Waals surface area contributed by atoms with Gasteiger partial charge < -0.3 is 9.84 Å². The lowest BCUT2D eigenvalue weighted by Gasteiger charge is -2.43. The Bertz CT molecular complexity index is 469. The number of hydrogen-bond acceptors (Lipinski definition) is 4. The summed E-state index contributed by atoms with van der Waals surface area (Å²) in [5.74, 6) is 2.06. The number of piperidine rings is 1. The number of fused-ring (bicyclic) bond motifs is 1. The number of likely N-dealkylation sites (tertiary alicyclic amines) is 1. The fourth-order valence-electron chi connectivity index (χ4n) is 3.72. The van der Waals surface area contributed by atoms with Crippen molar-refractivity contribution in [3.05, 3.63) is 11.8 Å². The van der Waals surface area contributed by atoms with Gasteiger partial charge in [0.2, 0.25) is 5.91 Å². The summed E-state index contributed by atoms with van der Waals surface area (Å²) in [5, 5.41) is 6.62. The van der Waals surface area contributed by atoms with Crippen LogP contribution in [0.3, 0.4) is 0 Å². The van der Waals surface area contributed by atoms with Crippen LogP contribution in [0.2, 0.25) is 0 Å². The maximum Gasteiger partial charge on any atom is 0.239 e. The monoisotopic (exact) mass is 277 g/mol. The van der Waals surface area contributed by atoms with Crippen molar-refractivity contribution in [2.45, 2.75) is 51.5 Å². The molecule has 0 unspecified atom stereocenters. The summed E-state index contributed by atoms with van der Waals surface area (Å²) in [6.07, 6.45) is 7.82. The Hall–Kier alpha value is -1.36. The number of carbonyl (C=O) groups excluding carboxylic acids is 1. The quantitative estimate of drug-likeness (QED) is 0.922. The molecule has 0 aromatic carbocycles. The highest BCUT2D eigenvalue weighted by Gasteiger charge is 2.33. The number of hydrogen-bond donors (Lipinski definition) is 1. The predicted octanol–water partition coefficient (Wildman–Crippen LogP) is 2.58. The molecule has 2 fully saturated rings. The van der Waals surface area contributed by atoms with Gasteiger partial charge in [-0.15, -0.1) is 0 Å². The molecular formula is C15H23N3O2. The topological polar surface area (TPSA) is 58.4 Å². The zero-order valence-corrected chi connectivity index (χ0v) is 12.1. The Balaban J connectivity index is 1.57. The Labute approximate surface area is 119 Å². The van der Waals surface area contributed by atoms with E-state index in [4.69, 9.17) is 4.52 Å². The summed E-state index contributed by atoms with van der Waals surface area (Å²) < 4.78 is 4.96. The zero-order chi connectivity index (χ0) is 13.9. The van der Waals surface area contributed by atoms with Crippen LogP contribution in [0.4, 0.5) is 5.82 Å². The highest BCUT2D eigenvalue weighted by atomic mass is 16.5. The summed E-state index contributed by atoms with van der Waals surface area (Å²) >= 11 is 0. The first-order chi connectivity index (χ1) is 9.72. The molecule has 2 heterocycles. The molecule has 2 atom stereocenters. The molecule has 1 saturated heterocycles. The molecule has 110 valence electrons. The molecule has 0 bridgehead atoms. The van der Waals surface area contributed by atoms with Crippen molar-refractivity contribution in [1.82, 2.24) is 10.1 Å². The van der Waals surface area contributed by atoms with Crippen LogP contribution in [0.1, 0.15) is 44.3 Å². The molecule has 0 spiro atoms. The first-order valence-corrected chi connectivity index (χ1v) is 7.69. The molecule has 1 saturated carbocycles. The van der Waals surface area contributed by atoms with E-state index in [1.807, 2.05) is 6.92 Å². The molecule has 2 aliphatic rings. The number of aromatic nitrogens is 1. The minimum absolute atomic E-state index is 0.0181. The number of nitrogens with zero attached hydrogens (tertiary/aromatic N) is 2. The van der Waals surface area contributed by atoms with Crippen LogP contribution >= 0.6 is 0 Å². The van der Waals surface area contributed by atoms with Crippen molar-refractivity contribution in [3.8, 4) is 0 Å². The van der Waals surface area contributed by atoms with Crippen molar-refractivity contribution in [2.24, 2.45) is 5.92 Å². The number of anilines is 1. The number of carbonyl (C=O) groups is 1. The number of amides is 1. The van der Waals surface area contributed by atoms with E-state index in [0.29, 0.717) is 24.2 Å². The third-order valence-electron chi connectivity index (χ3n) is 4.60. The molecule has 0 radical (unpaired) electrons. The smallest absolute Gasteiger partial charge is 0.239 e. The molecule has 1 aromatic heterocycles. The van der Waals surface area contributed by atoms with Crippen LogP contribution in [-0.2, 0) is 4.79 Å². The van der Waals surface area contributed by atoms with E-state index in [2.05, 4.69) is 15.4 Å². The van der Waals surface area contributed by atoms with Crippen LogP contribution in [0.5, 0.6) is 0 Å². The zero-order valence-electron chi connectivity index (χ0n) is 12.1. The van der Waals surface area contributed by atoms with E-state index in [-0.39, 0.29) is 5.91 Å². The van der Waals surface area contributed by atoms with E-state index in [9.17, 15) is 4.79 Å². The Morgan fingerprint density at radius 1 is 1.40 bits per heavy atom. The lowest BCUT2D eigenvalue weighted by atomic mass is 9.78. The summed E-state index contributed by atoms with van der Waals surface area (Å²) in [7, 11) is 0. The number of rotatable bonds is 3. The Morgan fingerprint density at radius 3 is 3.00 bits per heavy atom. The molecule has 1 aliphatic heterocycles. The minimum Gasteiger partial charge on any atom is -0.360 e. The molecule has 5 nitrogen and oxygen atoms in total. The number of nitrogens with one attached hydrogen (secondary N) is 1. The average Bonchev–Trinajstić information content (AvgIpc) is 2.84. The van der Waals surface area contributed by atoms with Crippen molar-refractivity contribution >= 4 is 11.7 Å². The summed E-state index contributed by atoms with van der Waals surface area (Å²) in [4.78, 5) is 14.5. The lowest BCUT2D eigenvalue weighted by molar-refractivity contribution is -0.119. The van der Waals surface area contributed by atoms with E-state index in [0.717, 1.165) is 12.5 Å². The molecule has 20 heavy (non-hydrogen) atoms. The lowest BCUT2D eigenvalue weighted by Crippen LogP contribution is -2.49.